The lowest BCUT2D eigenvalue weighted by Crippen LogP contribution is -2.22. The fourth-order valence-corrected chi connectivity index (χ4v) is 2.58. The van der Waals surface area contributed by atoms with Crippen LogP contribution in [0.4, 0.5) is 0 Å². The predicted molar refractivity (Wildman–Crippen MR) is 81.4 cm³/mol. The SMILES string of the molecule is CCCn1ncc(Cl)c1C(NC)c1cccc(OC)c1. The van der Waals surface area contributed by atoms with Gasteiger partial charge in [0.2, 0.25) is 0 Å². The lowest BCUT2D eigenvalue weighted by Gasteiger charge is -2.19. The molecule has 0 amide bonds. The van der Waals surface area contributed by atoms with E-state index in [0.717, 1.165) is 30.0 Å². The average molecular weight is 294 g/mol. The van der Waals surface area contributed by atoms with E-state index < -0.39 is 0 Å². The minimum Gasteiger partial charge on any atom is -0.497 e. The third-order valence-corrected chi connectivity index (χ3v) is 3.55. The van der Waals surface area contributed by atoms with Gasteiger partial charge in [-0.05, 0) is 31.2 Å². The molecule has 2 rings (SSSR count). The van der Waals surface area contributed by atoms with Crippen LogP contribution in [0.15, 0.2) is 30.5 Å². The zero-order valence-electron chi connectivity index (χ0n) is 12.1. The molecule has 0 aliphatic carbocycles. The van der Waals surface area contributed by atoms with Crippen molar-refractivity contribution in [3.63, 3.8) is 0 Å². The van der Waals surface area contributed by atoms with Crippen molar-refractivity contribution >= 4 is 11.6 Å². The number of nitrogens with zero attached hydrogens (tertiary/aromatic N) is 2. The monoisotopic (exact) mass is 293 g/mol. The molecule has 5 heteroatoms. The molecule has 2 aromatic rings. The molecule has 1 atom stereocenters. The molecule has 0 aliphatic heterocycles. The summed E-state index contributed by atoms with van der Waals surface area (Å²) < 4.78 is 7.25. The van der Waals surface area contributed by atoms with Gasteiger partial charge in [-0.1, -0.05) is 30.7 Å². The molecule has 20 heavy (non-hydrogen) atoms. The summed E-state index contributed by atoms with van der Waals surface area (Å²) >= 11 is 6.32. The molecule has 108 valence electrons. The van der Waals surface area contributed by atoms with Crippen LogP contribution in [0.2, 0.25) is 5.02 Å². The first-order chi connectivity index (χ1) is 9.71. The molecule has 0 aliphatic rings. The van der Waals surface area contributed by atoms with Crippen LogP contribution in [0.1, 0.15) is 30.6 Å². The quantitative estimate of drug-likeness (QED) is 0.888. The fraction of sp³-hybridized carbons (Fsp3) is 0.400. The van der Waals surface area contributed by atoms with Gasteiger partial charge in [-0.2, -0.15) is 5.10 Å². The highest BCUT2D eigenvalue weighted by Gasteiger charge is 2.20. The number of aromatic nitrogens is 2. The first-order valence-electron chi connectivity index (χ1n) is 6.73. The minimum absolute atomic E-state index is 0.00773. The maximum Gasteiger partial charge on any atom is 0.119 e. The third-order valence-electron chi connectivity index (χ3n) is 3.26. The highest BCUT2D eigenvalue weighted by atomic mass is 35.5. The molecule has 0 radical (unpaired) electrons. The molecule has 0 spiro atoms. The van der Waals surface area contributed by atoms with Crippen molar-refractivity contribution in [1.29, 1.82) is 0 Å². The molecule has 0 saturated carbocycles. The van der Waals surface area contributed by atoms with Crippen molar-refractivity contribution in [1.82, 2.24) is 15.1 Å². The first-order valence-corrected chi connectivity index (χ1v) is 7.11. The molecule has 1 N–H and O–H groups in total. The average Bonchev–Trinajstić information content (AvgIpc) is 2.82. The molecule has 0 fully saturated rings. The highest BCUT2D eigenvalue weighted by molar-refractivity contribution is 6.31. The van der Waals surface area contributed by atoms with Gasteiger partial charge in [-0.15, -0.1) is 0 Å². The van der Waals surface area contributed by atoms with Gasteiger partial charge < -0.3 is 10.1 Å². The summed E-state index contributed by atoms with van der Waals surface area (Å²) in [4.78, 5) is 0. The second-order valence-corrected chi connectivity index (χ2v) is 5.01. The number of benzene rings is 1. The molecule has 1 aromatic heterocycles. The zero-order valence-corrected chi connectivity index (χ0v) is 12.8. The van der Waals surface area contributed by atoms with Crippen LogP contribution in [0.5, 0.6) is 5.75 Å². The maximum absolute atomic E-state index is 6.32. The summed E-state index contributed by atoms with van der Waals surface area (Å²) in [5.41, 5.74) is 2.09. The van der Waals surface area contributed by atoms with E-state index in [2.05, 4.69) is 23.4 Å². The van der Waals surface area contributed by atoms with E-state index in [1.807, 2.05) is 29.9 Å². The number of ether oxygens (including phenoxy) is 1. The standard InChI is InChI=1S/C15H20ClN3O/c1-4-8-19-15(13(16)10-18-19)14(17-2)11-6-5-7-12(9-11)20-3/h5-7,9-10,14,17H,4,8H2,1-3H3. The van der Waals surface area contributed by atoms with Crippen LogP contribution in [0.3, 0.4) is 0 Å². The Kier molecular flexibility index (Phi) is 5.04. The molecule has 0 saturated heterocycles. The topological polar surface area (TPSA) is 39.1 Å². The van der Waals surface area contributed by atoms with Gasteiger partial charge in [0.1, 0.15) is 5.75 Å². The molecule has 1 aromatic carbocycles. The van der Waals surface area contributed by atoms with Crippen LogP contribution in [0, 0.1) is 0 Å². The largest absolute Gasteiger partial charge is 0.497 e. The maximum atomic E-state index is 6.32. The van der Waals surface area contributed by atoms with Crippen LogP contribution in [-0.2, 0) is 6.54 Å². The van der Waals surface area contributed by atoms with Gasteiger partial charge in [0, 0.05) is 6.54 Å². The Morgan fingerprint density at radius 1 is 1.45 bits per heavy atom. The molecule has 0 bridgehead atoms. The van der Waals surface area contributed by atoms with Crippen molar-refractivity contribution in [3.05, 3.63) is 46.7 Å². The Morgan fingerprint density at radius 2 is 2.25 bits per heavy atom. The number of rotatable bonds is 6. The number of methoxy groups -OCH3 is 1. The Labute approximate surface area is 124 Å². The molecule has 1 unspecified atom stereocenters. The number of hydrogen-bond acceptors (Lipinski definition) is 3. The smallest absolute Gasteiger partial charge is 0.119 e. The fourth-order valence-electron chi connectivity index (χ4n) is 2.33. The van der Waals surface area contributed by atoms with Crippen molar-refractivity contribution in [2.24, 2.45) is 0 Å². The summed E-state index contributed by atoms with van der Waals surface area (Å²) in [6.07, 6.45) is 2.72. The van der Waals surface area contributed by atoms with E-state index in [-0.39, 0.29) is 6.04 Å². The normalized spacial score (nSPS) is 12.4. The Balaban J connectivity index is 2.43. The van der Waals surface area contributed by atoms with Crippen molar-refractivity contribution in [3.8, 4) is 5.75 Å². The van der Waals surface area contributed by atoms with E-state index in [9.17, 15) is 0 Å². The Hall–Kier alpha value is -1.52. The second kappa shape index (κ2) is 6.77. The van der Waals surface area contributed by atoms with Crippen LogP contribution < -0.4 is 10.1 Å². The third kappa shape index (κ3) is 2.97. The molecule has 4 nitrogen and oxygen atoms in total. The summed E-state index contributed by atoms with van der Waals surface area (Å²) in [6, 6.07) is 7.98. The van der Waals surface area contributed by atoms with Crippen LogP contribution in [0.25, 0.3) is 0 Å². The van der Waals surface area contributed by atoms with Gasteiger partial charge in [0.05, 0.1) is 30.1 Å². The molecular weight excluding hydrogens is 274 g/mol. The zero-order chi connectivity index (χ0) is 14.5. The number of hydrogen-bond donors (Lipinski definition) is 1. The summed E-state index contributed by atoms with van der Waals surface area (Å²) in [5, 5.41) is 8.35. The van der Waals surface area contributed by atoms with Gasteiger partial charge in [0.25, 0.3) is 0 Å². The number of aryl methyl sites for hydroxylation is 1. The van der Waals surface area contributed by atoms with E-state index >= 15 is 0 Å². The van der Waals surface area contributed by atoms with E-state index in [1.54, 1.807) is 13.3 Å². The lowest BCUT2D eigenvalue weighted by atomic mass is 10.0. The van der Waals surface area contributed by atoms with Crippen LogP contribution in [-0.4, -0.2) is 23.9 Å². The molecular formula is C15H20ClN3O. The summed E-state index contributed by atoms with van der Waals surface area (Å²) in [6.45, 7) is 2.98. The van der Waals surface area contributed by atoms with E-state index in [1.165, 1.54) is 0 Å². The van der Waals surface area contributed by atoms with Crippen molar-refractivity contribution in [2.45, 2.75) is 25.9 Å². The lowest BCUT2D eigenvalue weighted by molar-refractivity contribution is 0.413. The Morgan fingerprint density at radius 3 is 2.90 bits per heavy atom. The summed E-state index contributed by atoms with van der Waals surface area (Å²) in [7, 11) is 3.59. The van der Waals surface area contributed by atoms with Crippen LogP contribution >= 0.6 is 11.6 Å². The second-order valence-electron chi connectivity index (χ2n) is 4.60. The van der Waals surface area contributed by atoms with Gasteiger partial charge in [0.15, 0.2) is 0 Å². The molecule has 1 heterocycles. The van der Waals surface area contributed by atoms with Gasteiger partial charge in [-0.3, -0.25) is 4.68 Å². The predicted octanol–water partition coefficient (Wildman–Crippen LogP) is 3.26. The first kappa shape index (κ1) is 14.9. The van der Waals surface area contributed by atoms with Crippen molar-refractivity contribution in [2.75, 3.05) is 14.2 Å². The highest BCUT2D eigenvalue weighted by Crippen LogP contribution is 2.29. The van der Waals surface area contributed by atoms with Gasteiger partial charge in [-0.25, -0.2) is 0 Å². The number of halogens is 1. The van der Waals surface area contributed by atoms with E-state index in [0.29, 0.717) is 5.02 Å². The van der Waals surface area contributed by atoms with E-state index in [4.69, 9.17) is 16.3 Å². The minimum atomic E-state index is -0.00773. The Bertz CT molecular complexity index is 568. The van der Waals surface area contributed by atoms with Gasteiger partial charge >= 0.3 is 0 Å². The van der Waals surface area contributed by atoms with Crippen molar-refractivity contribution < 1.29 is 4.74 Å². The summed E-state index contributed by atoms with van der Waals surface area (Å²) in [5.74, 6) is 0.834. The number of nitrogens with one attached hydrogen (secondary N) is 1.